The van der Waals surface area contributed by atoms with Gasteiger partial charge in [0.05, 0.1) is 0 Å². The van der Waals surface area contributed by atoms with E-state index in [-0.39, 0.29) is 18.4 Å². The first kappa shape index (κ1) is 28.0. The number of hydrogen-bond donors (Lipinski definition) is 1. The fraction of sp³-hybridized carbons (Fsp3) is 0.375. The lowest BCUT2D eigenvalue weighted by Gasteiger charge is -2.31. The van der Waals surface area contributed by atoms with Crippen molar-refractivity contribution in [2.24, 2.45) is 0 Å². The summed E-state index contributed by atoms with van der Waals surface area (Å²) in [6.45, 7) is 11.0. The van der Waals surface area contributed by atoms with Crippen LogP contribution in [0.1, 0.15) is 53.1 Å². The SMILES string of the molecule is CCCCNC(=O)C(Cc1ccccc1)N(Cc1cccc(C)c1)C(=O)COc1cc(C)cc(C)c1C. The molecule has 0 radical (unpaired) electrons. The molecule has 3 aromatic carbocycles. The highest BCUT2D eigenvalue weighted by atomic mass is 16.5. The number of benzene rings is 3. The number of ether oxygens (including phenoxy) is 1. The van der Waals surface area contributed by atoms with Gasteiger partial charge in [0.15, 0.2) is 6.61 Å². The van der Waals surface area contributed by atoms with Gasteiger partial charge < -0.3 is 15.0 Å². The van der Waals surface area contributed by atoms with Crippen LogP contribution in [0.4, 0.5) is 0 Å². The lowest BCUT2D eigenvalue weighted by Crippen LogP contribution is -2.51. The third-order valence-corrected chi connectivity index (χ3v) is 6.65. The molecular weight excluding hydrogens is 460 g/mol. The van der Waals surface area contributed by atoms with Gasteiger partial charge in [0.2, 0.25) is 5.91 Å². The number of carbonyl (C=O) groups is 2. The minimum Gasteiger partial charge on any atom is -0.483 e. The van der Waals surface area contributed by atoms with Crippen molar-refractivity contribution in [1.29, 1.82) is 0 Å². The topological polar surface area (TPSA) is 58.6 Å². The van der Waals surface area contributed by atoms with Crippen LogP contribution < -0.4 is 10.1 Å². The monoisotopic (exact) mass is 500 g/mol. The van der Waals surface area contributed by atoms with Crippen LogP contribution in [0.25, 0.3) is 0 Å². The third-order valence-electron chi connectivity index (χ3n) is 6.65. The van der Waals surface area contributed by atoms with Crippen molar-refractivity contribution >= 4 is 11.8 Å². The van der Waals surface area contributed by atoms with Crippen molar-refractivity contribution < 1.29 is 14.3 Å². The Bertz CT molecular complexity index is 1190. The molecule has 3 aromatic rings. The molecule has 0 aromatic heterocycles. The Labute approximate surface area is 221 Å². The molecular formula is C32H40N2O3. The predicted octanol–water partition coefficient (Wildman–Crippen LogP) is 5.86. The van der Waals surface area contributed by atoms with E-state index in [0.29, 0.717) is 25.3 Å². The average Bonchev–Trinajstić information content (AvgIpc) is 2.88. The Morgan fingerprint density at radius 3 is 2.32 bits per heavy atom. The molecule has 0 saturated heterocycles. The number of nitrogens with one attached hydrogen (secondary N) is 1. The maximum Gasteiger partial charge on any atom is 0.261 e. The molecule has 3 rings (SSSR count). The summed E-state index contributed by atoms with van der Waals surface area (Å²) in [6.07, 6.45) is 2.31. The highest BCUT2D eigenvalue weighted by Gasteiger charge is 2.30. The van der Waals surface area contributed by atoms with Crippen LogP contribution in [0.15, 0.2) is 66.7 Å². The molecule has 5 nitrogen and oxygen atoms in total. The first-order chi connectivity index (χ1) is 17.8. The molecule has 1 unspecified atom stereocenters. The summed E-state index contributed by atoms with van der Waals surface area (Å²) in [4.78, 5) is 29.0. The van der Waals surface area contributed by atoms with E-state index in [1.165, 1.54) is 0 Å². The maximum absolute atomic E-state index is 13.8. The minimum absolute atomic E-state index is 0.136. The van der Waals surface area contributed by atoms with Crippen molar-refractivity contribution in [3.8, 4) is 5.75 Å². The van der Waals surface area contributed by atoms with Gasteiger partial charge in [0.1, 0.15) is 11.8 Å². The summed E-state index contributed by atoms with van der Waals surface area (Å²) in [5.74, 6) is 0.348. The lowest BCUT2D eigenvalue weighted by atomic mass is 10.0. The summed E-state index contributed by atoms with van der Waals surface area (Å²) >= 11 is 0. The van der Waals surface area contributed by atoms with Crippen LogP contribution in [-0.2, 0) is 22.6 Å². The summed E-state index contributed by atoms with van der Waals surface area (Å²) in [5.41, 5.74) is 6.32. The number of amides is 2. The van der Waals surface area contributed by atoms with E-state index in [1.54, 1.807) is 4.90 Å². The molecule has 0 aliphatic carbocycles. The van der Waals surface area contributed by atoms with Crippen molar-refractivity contribution in [2.45, 2.75) is 66.5 Å². The van der Waals surface area contributed by atoms with Gasteiger partial charge in [-0.25, -0.2) is 0 Å². The molecule has 1 N–H and O–H groups in total. The fourth-order valence-electron chi connectivity index (χ4n) is 4.44. The van der Waals surface area contributed by atoms with Crippen molar-refractivity contribution in [1.82, 2.24) is 10.2 Å². The molecule has 1 atom stereocenters. The third kappa shape index (κ3) is 8.21. The van der Waals surface area contributed by atoms with Crippen LogP contribution in [-0.4, -0.2) is 35.9 Å². The van der Waals surface area contributed by atoms with Crippen LogP contribution >= 0.6 is 0 Å². The summed E-state index contributed by atoms with van der Waals surface area (Å²) in [5, 5.41) is 3.06. The number of hydrogen-bond acceptors (Lipinski definition) is 3. The highest BCUT2D eigenvalue weighted by molar-refractivity contribution is 5.88. The fourth-order valence-corrected chi connectivity index (χ4v) is 4.44. The van der Waals surface area contributed by atoms with E-state index in [4.69, 9.17) is 4.74 Å². The Balaban J connectivity index is 1.92. The van der Waals surface area contributed by atoms with E-state index in [1.807, 2.05) is 82.3 Å². The summed E-state index contributed by atoms with van der Waals surface area (Å²) < 4.78 is 6.06. The van der Waals surface area contributed by atoms with E-state index in [9.17, 15) is 9.59 Å². The molecule has 5 heteroatoms. The van der Waals surface area contributed by atoms with Crippen LogP contribution in [0.2, 0.25) is 0 Å². The van der Waals surface area contributed by atoms with E-state index < -0.39 is 6.04 Å². The van der Waals surface area contributed by atoms with E-state index >= 15 is 0 Å². The number of unbranched alkanes of at least 4 members (excludes halogenated alkanes) is 1. The Hall–Kier alpha value is -3.60. The van der Waals surface area contributed by atoms with Crippen LogP contribution in [0.5, 0.6) is 5.75 Å². The standard InChI is InChI=1S/C32H40N2O3/c1-6-7-16-33-32(36)29(20-27-13-9-8-10-14-27)34(21-28-15-11-12-23(2)18-28)31(35)22-37-30-19-24(3)17-25(4)26(30)5/h8-15,17-19,29H,6-7,16,20-22H2,1-5H3,(H,33,36). The molecule has 0 heterocycles. The zero-order chi connectivity index (χ0) is 26.8. The predicted molar refractivity (Wildman–Crippen MR) is 150 cm³/mol. The molecule has 0 bridgehead atoms. The second-order valence-corrected chi connectivity index (χ2v) is 9.85. The Kier molecular flexibility index (Phi) is 10.3. The number of rotatable bonds is 12. The van der Waals surface area contributed by atoms with E-state index in [2.05, 4.69) is 24.4 Å². The smallest absolute Gasteiger partial charge is 0.261 e. The van der Waals surface area contributed by atoms with Gasteiger partial charge in [-0.3, -0.25) is 9.59 Å². The lowest BCUT2D eigenvalue weighted by molar-refractivity contribution is -0.142. The van der Waals surface area contributed by atoms with Gasteiger partial charge in [0, 0.05) is 19.5 Å². The second kappa shape index (κ2) is 13.6. The van der Waals surface area contributed by atoms with Gasteiger partial charge in [0.25, 0.3) is 5.91 Å². The minimum atomic E-state index is -0.656. The second-order valence-electron chi connectivity index (χ2n) is 9.85. The highest BCUT2D eigenvalue weighted by Crippen LogP contribution is 2.24. The number of nitrogens with zero attached hydrogens (tertiary/aromatic N) is 1. The van der Waals surface area contributed by atoms with Crippen molar-refractivity contribution in [3.63, 3.8) is 0 Å². The van der Waals surface area contributed by atoms with Crippen LogP contribution in [0.3, 0.4) is 0 Å². The van der Waals surface area contributed by atoms with Crippen molar-refractivity contribution in [2.75, 3.05) is 13.2 Å². The molecule has 0 aliphatic heterocycles. The normalized spacial score (nSPS) is 11.6. The largest absolute Gasteiger partial charge is 0.483 e. The zero-order valence-electron chi connectivity index (χ0n) is 22.8. The van der Waals surface area contributed by atoms with Crippen LogP contribution in [0, 0.1) is 27.7 Å². The Morgan fingerprint density at radius 1 is 0.892 bits per heavy atom. The molecule has 196 valence electrons. The zero-order valence-corrected chi connectivity index (χ0v) is 22.8. The van der Waals surface area contributed by atoms with Gasteiger partial charge in [-0.15, -0.1) is 0 Å². The summed E-state index contributed by atoms with van der Waals surface area (Å²) in [6, 6.07) is 21.3. The van der Waals surface area contributed by atoms with Gasteiger partial charge >= 0.3 is 0 Å². The van der Waals surface area contributed by atoms with E-state index in [0.717, 1.165) is 46.2 Å². The Morgan fingerprint density at radius 2 is 1.62 bits per heavy atom. The first-order valence-corrected chi connectivity index (χ1v) is 13.2. The molecule has 0 aliphatic rings. The molecule has 0 spiro atoms. The molecule has 0 saturated carbocycles. The molecule has 37 heavy (non-hydrogen) atoms. The quantitative estimate of drug-likeness (QED) is 0.317. The van der Waals surface area contributed by atoms with Gasteiger partial charge in [-0.1, -0.05) is 79.6 Å². The average molecular weight is 501 g/mol. The van der Waals surface area contributed by atoms with Gasteiger partial charge in [-0.2, -0.15) is 0 Å². The first-order valence-electron chi connectivity index (χ1n) is 13.2. The molecule has 0 fully saturated rings. The summed E-state index contributed by atoms with van der Waals surface area (Å²) in [7, 11) is 0. The maximum atomic E-state index is 13.8. The molecule has 2 amide bonds. The number of carbonyl (C=O) groups excluding carboxylic acids is 2. The number of aryl methyl sites for hydroxylation is 3. The van der Waals surface area contributed by atoms with Crippen molar-refractivity contribution in [3.05, 3.63) is 100 Å². The van der Waals surface area contributed by atoms with Gasteiger partial charge in [-0.05, 0) is 68.0 Å².